The van der Waals surface area contributed by atoms with E-state index in [1.54, 1.807) is 0 Å². The molecule has 1 saturated heterocycles. The van der Waals surface area contributed by atoms with E-state index < -0.39 is 0 Å². The molecule has 0 radical (unpaired) electrons. The zero-order chi connectivity index (χ0) is 18.1. The molecule has 1 aliphatic rings. The highest BCUT2D eigenvalue weighted by molar-refractivity contribution is 5.66. The van der Waals surface area contributed by atoms with Gasteiger partial charge in [-0.15, -0.1) is 0 Å². The summed E-state index contributed by atoms with van der Waals surface area (Å²) >= 11 is 0. The molecule has 1 N–H and O–H groups in total. The average molecular weight is 332 g/mol. The predicted octanol–water partition coefficient (Wildman–Crippen LogP) is 6.15. The van der Waals surface area contributed by atoms with Crippen LogP contribution >= 0.6 is 0 Å². The molecule has 0 spiro atoms. The second-order valence-corrected chi connectivity index (χ2v) is 9.52. The van der Waals surface area contributed by atoms with Gasteiger partial charge in [0, 0.05) is 18.2 Å². The third-order valence-electron chi connectivity index (χ3n) is 5.34. The summed E-state index contributed by atoms with van der Waals surface area (Å²) in [5.74, 6) is 0.499. The first-order valence-electron chi connectivity index (χ1n) is 9.70. The highest BCUT2D eigenvalue weighted by Crippen LogP contribution is 2.44. The van der Waals surface area contributed by atoms with Gasteiger partial charge in [0.25, 0.3) is 0 Å². The van der Waals surface area contributed by atoms with E-state index in [2.05, 4.69) is 65.5 Å². The first-order chi connectivity index (χ1) is 11.1. The van der Waals surface area contributed by atoms with E-state index in [1.807, 2.05) is 0 Å². The molecule has 1 aliphatic heterocycles. The van der Waals surface area contributed by atoms with Crippen LogP contribution in [0.25, 0.3) is 0 Å². The van der Waals surface area contributed by atoms with Gasteiger partial charge in [-0.3, -0.25) is 0 Å². The lowest BCUT2D eigenvalue weighted by molar-refractivity contribution is 0.441. The Hall–Kier alpha value is -1.18. The van der Waals surface area contributed by atoms with Gasteiger partial charge in [0.1, 0.15) is 5.75 Å². The minimum Gasteiger partial charge on any atom is -0.505 e. The maximum Gasteiger partial charge on any atom is 0.142 e. The lowest BCUT2D eigenvalue weighted by atomic mass is 9.79. The lowest BCUT2D eigenvalue weighted by Gasteiger charge is -2.33. The van der Waals surface area contributed by atoms with E-state index in [4.69, 9.17) is 0 Å². The van der Waals surface area contributed by atoms with Gasteiger partial charge in [0.15, 0.2) is 0 Å². The Kier molecular flexibility index (Phi) is 5.57. The lowest BCUT2D eigenvalue weighted by Crippen LogP contribution is -2.30. The number of hydrogen-bond acceptors (Lipinski definition) is 2. The highest BCUT2D eigenvalue weighted by Gasteiger charge is 2.31. The van der Waals surface area contributed by atoms with Crippen molar-refractivity contribution in [3.8, 4) is 5.75 Å². The number of nitrogens with zero attached hydrogens (tertiary/aromatic N) is 1. The minimum atomic E-state index is -0.0568. The second kappa shape index (κ2) is 6.98. The molecule has 0 aliphatic carbocycles. The van der Waals surface area contributed by atoms with Crippen molar-refractivity contribution in [2.45, 2.75) is 97.4 Å². The molecule has 1 aromatic rings. The Morgan fingerprint density at radius 1 is 1.08 bits per heavy atom. The molecule has 24 heavy (non-hydrogen) atoms. The van der Waals surface area contributed by atoms with Gasteiger partial charge in [0.05, 0.1) is 5.69 Å². The van der Waals surface area contributed by atoms with Crippen LogP contribution in [0.1, 0.15) is 91.7 Å². The van der Waals surface area contributed by atoms with Gasteiger partial charge in [-0.25, -0.2) is 0 Å². The number of phenols is 1. The summed E-state index contributed by atoms with van der Waals surface area (Å²) in [5, 5.41) is 11.1. The van der Waals surface area contributed by atoms with Crippen molar-refractivity contribution in [1.82, 2.24) is 0 Å². The van der Waals surface area contributed by atoms with Crippen molar-refractivity contribution in [1.29, 1.82) is 0 Å². The summed E-state index contributed by atoms with van der Waals surface area (Å²) in [7, 11) is 0. The Morgan fingerprint density at radius 2 is 1.75 bits per heavy atom. The number of aromatic hydroxyl groups is 1. The van der Waals surface area contributed by atoms with Crippen molar-refractivity contribution in [3.05, 3.63) is 23.3 Å². The predicted molar refractivity (Wildman–Crippen MR) is 105 cm³/mol. The van der Waals surface area contributed by atoms with E-state index in [0.29, 0.717) is 11.8 Å². The molecule has 0 aromatic heterocycles. The fourth-order valence-corrected chi connectivity index (χ4v) is 3.74. The van der Waals surface area contributed by atoms with E-state index in [0.717, 1.165) is 17.8 Å². The van der Waals surface area contributed by atoms with Crippen LogP contribution in [0.5, 0.6) is 5.75 Å². The van der Waals surface area contributed by atoms with Crippen LogP contribution in [0.15, 0.2) is 12.1 Å². The van der Waals surface area contributed by atoms with E-state index in [1.165, 1.54) is 37.7 Å². The number of benzene rings is 1. The fourth-order valence-electron chi connectivity index (χ4n) is 3.74. The molecule has 2 heteroatoms. The molecule has 1 atom stereocenters. The molecule has 1 fully saturated rings. The van der Waals surface area contributed by atoms with Crippen LogP contribution in [0, 0.1) is 0 Å². The molecule has 1 aromatic carbocycles. The maximum atomic E-state index is 11.1. The fraction of sp³-hybridized carbons (Fsp3) is 0.727. The molecule has 2 nitrogen and oxygen atoms in total. The monoisotopic (exact) mass is 331 g/mol. The van der Waals surface area contributed by atoms with Gasteiger partial charge in [-0.2, -0.15) is 0 Å². The molecular formula is C22H37NO. The molecule has 136 valence electrons. The zero-order valence-electron chi connectivity index (χ0n) is 16.9. The van der Waals surface area contributed by atoms with Crippen molar-refractivity contribution in [2.24, 2.45) is 0 Å². The Labute approximate surface area is 149 Å². The normalized spacial score (nSPS) is 19.1. The van der Waals surface area contributed by atoms with E-state index in [-0.39, 0.29) is 10.8 Å². The molecule has 0 bridgehead atoms. The maximum absolute atomic E-state index is 11.1. The first-order valence-corrected chi connectivity index (χ1v) is 9.70. The van der Waals surface area contributed by atoms with Gasteiger partial charge >= 0.3 is 0 Å². The van der Waals surface area contributed by atoms with Gasteiger partial charge < -0.3 is 10.0 Å². The Morgan fingerprint density at radius 3 is 2.29 bits per heavy atom. The summed E-state index contributed by atoms with van der Waals surface area (Å²) in [6.07, 6.45) is 6.24. The van der Waals surface area contributed by atoms with Crippen LogP contribution in [-0.2, 0) is 10.8 Å². The Bertz CT molecular complexity index is 563. The van der Waals surface area contributed by atoms with Crippen LogP contribution in [0.3, 0.4) is 0 Å². The van der Waals surface area contributed by atoms with E-state index >= 15 is 0 Å². The van der Waals surface area contributed by atoms with Crippen molar-refractivity contribution in [3.63, 3.8) is 0 Å². The van der Waals surface area contributed by atoms with E-state index in [9.17, 15) is 5.11 Å². The topological polar surface area (TPSA) is 23.5 Å². The number of rotatable bonds is 4. The summed E-state index contributed by atoms with van der Waals surface area (Å²) in [6.45, 7) is 16.7. The molecule has 0 saturated carbocycles. The Balaban J connectivity index is 2.52. The standard InChI is InChI=1S/C22H37NO/c1-8-9-11-17-12-10-13-23(17)19-15-16(21(2,3)4)14-18(20(19)24)22(5,6)7/h14-15,17,24H,8-13H2,1-7H3. The minimum absolute atomic E-state index is 0.0568. The summed E-state index contributed by atoms with van der Waals surface area (Å²) in [4.78, 5) is 2.48. The summed E-state index contributed by atoms with van der Waals surface area (Å²) < 4.78 is 0. The van der Waals surface area contributed by atoms with Gasteiger partial charge in [0.2, 0.25) is 0 Å². The molecule has 1 heterocycles. The van der Waals surface area contributed by atoms with Gasteiger partial charge in [-0.05, 0) is 41.7 Å². The quantitative estimate of drug-likeness (QED) is 0.715. The first kappa shape index (κ1) is 19.1. The molecule has 2 rings (SSSR count). The number of hydrogen-bond donors (Lipinski definition) is 1. The zero-order valence-corrected chi connectivity index (χ0v) is 16.9. The SMILES string of the molecule is CCCCC1CCCN1c1cc(C(C)(C)C)cc(C(C)(C)C)c1O. The van der Waals surface area contributed by atoms with Crippen molar-refractivity contribution >= 4 is 5.69 Å². The summed E-state index contributed by atoms with van der Waals surface area (Å²) in [6, 6.07) is 5.05. The third kappa shape index (κ3) is 4.07. The van der Waals surface area contributed by atoms with Crippen LogP contribution in [-0.4, -0.2) is 17.7 Å². The van der Waals surface area contributed by atoms with Crippen LogP contribution in [0.4, 0.5) is 5.69 Å². The molecule has 1 unspecified atom stereocenters. The average Bonchev–Trinajstić information content (AvgIpc) is 2.91. The highest BCUT2D eigenvalue weighted by atomic mass is 16.3. The smallest absolute Gasteiger partial charge is 0.142 e. The second-order valence-electron chi connectivity index (χ2n) is 9.52. The largest absolute Gasteiger partial charge is 0.505 e. The van der Waals surface area contributed by atoms with Crippen LogP contribution in [0.2, 0.25) is 0 Å². The van der Waals surface area contributed by atoms with Crippen molar-refractivity contribution in [2.75, 3.05) is 11.4 Å². The van der Waals surface area contributed by atoms with Gasteiger partial charge in [-0.1, -0.05) is 67.4 Å². The third-order valence-corrected chi connectivity index (χ3v) is 5.34. The summed E-state index contributed by atoms with van der Waals surface area (Å²) in [5.41, 5.74) is 3.48. The number of unbranched alkanes of at least 4 members (excludes halogenated alkanes) is 1. The van der Waals surface area contributed by atoms with Crippen LogP contribution < -0.4 is 4.90 Å². The number of phenolic OH excluding ortho intramolecular Hbond substituents is 1. The van der Waals surface area contributed by atoms with Crippen molar-refractivity contribution < 1.29 is 5.11 Å². The number of anilines is 1. The molecule has 0 amide bonds. The molecular weight excluding hydrogens is 294 g/mol.